The molecule has 2 rings (SSSR count). The van der Waals surface area contributed by atoms with Gasteiger partial charge < -0.3 is 9.84 Å². The number of aliphatic carboxylic acids is 1. The van der Waals surface area contributed by atoms with Gasteiger partial charge in [-0.05, 0) is 12.5 Å². The topological polar surface area (TPSA) is 92.7 Å². The van der Waals surface area contributed by atoms with E-state index in [4.69, 9.17) is 4.74 Å². The average molecular weight is 313 g/mol. The molecule has 0 aromatic heterocycles. The second-order valence-electron chi connectivity index (χ2n) is 5.35. The molecule has 1 heterocycles. The van der Waals surface area contributed by atoms with Gasteiger partial charge in [-0.2, -0.15) is 4.72 Å². The Morgan fingerprint density at radius 2 is 1.86 bits per heavy atom. The Morgan fingerprint density at radius 3 is 2.38 bits per heavy atom. The number of carbonyl (C=O) groups is 1. The number of carboxylic acid groups (broad SMARTS) is 1. The van der Waals surface area contributed by atoms with E-state index < -0.39 is 21.5 Å². The van der Waals surface area contributed by atoms with Gasteiger partial charge >= 0.3 is 5.97 Å². The number of ether oxygens (including phenoxy) is 1. The Balaban J connectivity index is 2.15. The van der Waals surface area contributed by atoms with E-state index in [1.54, 1.807) is 12.1 Å². The zero-order valence-corrected chi connectivity index (χ0v) is 12.6. The summed E-state index contributed by atoms with van der Waals surface area (Å²) < 4.78 is 32.0. The fourth-order valence-electron chi connectivity index (χ4n) is 2.32. The van der Waals surface area contributed by atoms with Crippen LogP contribution in [0.15, 0.2) is 24.3 Å². The normalized spacial score (nSPS) is 18.3. The van der Waals surface area contributed by atoms with Crippen LogP contribution in [0.2, 0.25) is 0 Å². The Kier molecular flexibility index (Phi) is 4.65. The van der Waals surface area contributed by atoms with Crippen LogP contribution >= 0.6 is 0 Å². The lowest BCUT2D eigenvalue weighted by atomic mass is 9.92. The van der Waals surface area contributed by atoms with E-state index in [9.17, 15) is 18.3 Å². The van der Waals surface area contributed by atoms with E-state index in [2.05, 4.69) is 4.72 Å². The number of nitrogens with one attached hydrogen (secondary N) is 1. The maximum Gasteiger partial charge on any atom is 0.325 e. The predicted octanol–water partition coefficient (Wildman–Crippen LogP) is 1.05. The second-order valence-corrected chi connectivity index (χ2v) is 7.07. The lowest BCUT2D eigenvalue weighted by Crippen LogP contribution is -2.57. The lowest BCUT2D eigenvalue weighted by Gasteiger charge is -2.33. The third-order valence-electron chi connectivity index (χ3n) is 3.58. The zero-order valence-electron chi connectivity index (χ0n) is 11.8. The first-order valence-electron chi connectivity index (χ1n) is 6.71. The predicted molar refractivity (Wildman–Crippen MR) is 77.4 cm³/mol. The van der Waals surface area contributed by atoms with Gasteiger partial charge in [-0.3, -0.25) is 4.79 Å². The molecule has 0 amide bonds. The van der Waals surface area contributed by atoms with Gasteiger partial charge in [0.25, 0.3) is 0 Å². The monoisotopic (exact) mass is 313 g/mol. The largest absolute Gasteiger partial charge is 0.480 e. The first-order valence-corrected chi connectivity index (χ1v) is 8.37. The minimum absolute atomic E-state index is 0.134. The third kappa shape index (κ3) is 4.03. The van der Waals surface area contributed by atoms with E-state index >= 15 is 0 Å². The van der Waals surface area contributed by atoms with Crippen molar-refractivity contribution in [3.8, 4) is 0 Å². The van der Waals surface area contributed by atoms with Gasteiger partial charge in [0.2, 0.25) is 10.0 Å². The van der Waals surface area contributed by atoms with Crippen LogP contribution in [0.1, 0.15) is 24.0 Å². The summed E-state index contributed by atoms with van der Waals surface area (Å²) in [4.78, 5) is 11.5. The molecule has 0 bridgehead atoms. The van der Waals surface area contributed by atoms with Crippen molar-refractivity contribution in [2.24, 2.45) is 0 Å². The molecule has 1 aliphatic rings. The molecular formula is C14H19NO5S. The molecule has 1 aromatic carbocycles. The molecule has 1 aromatic rings. The summed E-state index contributed by atoms with van der Waals surface area (Å²) >= 11 is 0. The first-order chi connectivity index (χ1) is 9.83. The number of benzene rings is 1. The van der Waals surface area contributed by atoms with Crippen molar-refractivity contribution in [2.75, 3.05) is 13.2 Å². The summed E-state index contributed by atoms with van der Waals surface area (Å²) in [6, 6.07) is 7.11. The van der Waals surface area contributed by atoms with Gasteiger partial charge in [0.05, 0.1) is 5.75 Å². The van der Waals surface area contributed by atoms with Gasteiger partial charge in [-0.25, -0.2) is 8.42 Å². The van der Waals surface area contributed by atoms with E-state index in [-0.39, 0.29) is 31.8 Å². The van der Waals surface area contributed by atoms with Crippen LogP contribution in [0.5, 0.6) is 0 Å². The maximum absolute atomic E-state index is 12.2. The number of sulfonamides is 1. The van der Waals surface area contributed by atoms with Crippen molar-refractivity contribution in [1.82, 2.24) is 4.72 Å². The molecule has 0 unspecified atom stereocenters. The summed E-state index contributed by atoms with van der Waals surface area (Å²) in [5.41, 5.74) is 0.207. The Bertz CT molecular complexity index is 603. The van der Waals surface area contributed by atoms with Crippen molar-refractivity contribution in [3.63, 3.8) is 0 Å². The summed E-state index contributed by atoms with van der Waals surface area (Å²) in [7, 11) is -3.74. The van der Waals surface area contributed by atoms with Crippen LogP contribution in [-0.4, -0.2) is 38.2 Å². The number of rotatable bonds is 5. The summed E-state index contributed by atoms with van der Waals surface area (Å²) in [6.45, 7) is 2.39. The summed E-state index contributed by atoms with van der Waals surface area (Å²) in [6.07, 6.45) is 0.269. The lowest BCUT2D eigenvalue weighted by molar-refractivity contribution is -0.147. The van der Waals surface area contributed by atoms with Crippen LogP contribution in [0.4, 0.5) is 0 Å². The number of aryl methyl sites for hydroxylation is 1. The van der Waals surface area contributed by atoms with Gasteiger partial charge in [0.15, 0.2) is 0 Å². The molecule has 116 valence electrons. The van der Waals surface area contributed by atoms with Crippen molar-refractivity contribution in [1.29, 1.82) is 0 Å². The molecule has 7 heteroatoms. The first kappa shape index (κ1) is 15.9. The van der Waals surface area contributed by atoms with E-state index in [1.165, 1.54) is 0 Å². The van der Waals surface area contributed by atoms with Crippen LogP contribution in [0.3, 0.4) is 0 Å². The molecule has 0 radical (unpaired) electrons. The van der Waals surface area contributed by atoms with E-state index in [1.807, 2.05) is 19.1 Å². The molecule has 1 fully saturated rings. The standard InChI is InChI=1S/C14H19NO5S/c1-11-2-4-12(5-3-11)10-21(18,19)15-14(13(16)17)6-8-20-9-7-14/h2-5,15H,6-10H2,1H3,(H,16,17). The molecule has 0 aliphatic carbocycles. The number of hydrogen-bond donors (Lipinski definition) is 2. The molecule has 2 N–H and O–H groups in total. The highest BCUT2D eigenvalue weighted by Gasteiger charge is 2.43. The Labute approximate surface area is 124 Å². The molecule has 0 spiro atoms. The van der Waals surface area contributed by atoms with Crippen LogP contribution in [0.25, 0.3) is 0 Å². The molecule has 1 saturated heterocycles. The van der Waals surface area contributed by atoms with Gasteiger partial charge in [-0.15, -0.1) is 0 Å². The molecule has 21 heavy (non-hydrogen) atoms. The summed E-state index contributed by atoms with van der Waals surface area (Å²) in [5.74, 6) is -1.39. The van der Waals surface area contributed by atoms with Gasteiger partial charge in [-0.1, -0.05) is 29.8 Å². The molecular weight excluding hydrogens is 294 g/mol. The SMILES string of the molecule is Cc1ccc(CS(=O)(=O)NC2(C(=O)O)CCOCC2)cc1. The highest BCUT2D eigenvalue weighted by molar-refractivity contribution is 7.88. The fraction of sp³-hybridized carbons (Fsp3) is 0.500. The van der Waals surface area contributed by atoms with Gasteiger partial charge in [0.1, 0.15) is 5.54 Å². The van der Waals surface area contributed by atoms with Crippen molar-refractivity contribution in [3.05, 3.63) is 35.4 Å². The van der Waals surface area contributed by atoms with Crippen LogP contribution in [-0.2, 0) is 25.3 Å². The summed E-state index contributed by atoms with van der Waals surface area (Å²) in [5, 5.41) is 9.37. The molecule has 0 atom stereocenters. The smallest absolute Gasteiger partial charge is 0.325 e. The van der Waals surface area contributed by atoms with Crippen molar-refractivity contribution in [2.45, 2.75) is 31.1 Å². The van der Waals surface area contributed by atoms with Crippen molar-refractivity contribution < 1.29 is 23.1 Å². The maximum atomic E-state index is 12.2. The third-order valence-corrected chi connectivity index (χ3v) is 5.00. The highest BCUT2D eigenvalue weighted by Crippen LogP contribution is 2.23. The van der Waals surface area contributed by atoms with E-state index in [0.717, 1.165) is 5.56 Å². The zero-order chi connectivity index (χ0) is 15.5. The fourth-order valence-corrected chi connectivity index (χ4v) is 3.91. The minimum Gasteiger partial charge on any atom is -0.480 e. The van der Waals surface area contributed by atoms with Crippen LogP contribution in [0, 0.1) is 6.92 Å². The molecule has 1 aliphatic heterocycles. The van der Waals surface area contributed by atoms with Gasteiger partial charge in [0, 0.05) is 26.1 Å². The Morgan fingerprint density at radius 1 is 1.29 bits per heavy atom. The minimum atomic E-state index is -3.74. The van der Waals surface area contributed by atoms with Crippen molar-refractivity contribution >= 4 is 16.0 Å². The Hall–Kier alpha value is -1.44. The van der Waals surface area contributed by atoms with E-state index in [0.29, 0.717) is 5.56 Å². The molecule has 6 nitrogen and oxygen atoms in total. The highest BCUT2D eigenvalue weighted by atomic mass is 32.2. The molecule has 0 saturated carbocycles. The second kappa shape index (κ2) is 6.13. The number of hydrogen-bond acceptors (Lipinski definition) is 4. The quantitative estimate of drug-likeness (QED) is 0.847. The average Bonchev–Trinajstić information content (AvgIpc) is 2.41. The van der Waals surface area contributed by atoms with Crippen LogP contribution < -0.4 is 4.72 Å². The number of carboxylic acids is 1.